The molecule has 7 nitrogen and oxygen atoms in total. The molecule has 0 saturated heterocycles. The number of carbonyl (C=O) groups excluding carboxylic acids is 1. The van der Waals surface area contributed by atoms with Gasteiger partial charge in [0.05, 0.1) is 15.9 Å². The summed E-state index contributed by atoms with van der Waals surface area (Å²) in [6, 6.07) is 11.7. The first-order valence-corrected chi connectivity index (χ1v) is 10.5. The third kappa shape index (κ3) is 3.73. The molecule has 0 radical (unpaired) electrons. The number of imidazole rings is 1. The van der Waals surface area contributed by atoms with E-state index in [4.69, 9.17) is 0 Å². The molecule has 2 aromatic carbocycles. The highest BCUT2D eigenvalue weighted by atomic mass is 32.2. The minimum Gasteiger partial charge on any atom is -0.325 e. The number of amides is 1. The van der Waals surface area contributed by atoms with Crippen LogP contribution in [0.1, 0.15) is 25.3 Å². The number of carbonyl (C=O) groups is 1. The van der Waals surface area contributed by atoms with Crippen molar-refractivity contribution >= 4 is 32.5 Å². The van der Waals surface area contributed by atoms with Gasteiger partial charge in [-0.1, -0.05) is 26.0 Å². The Morgan fingerprint density at radius 1 is 1.00 bits per heavy atom. The van der Waals surface area contributed by atoms with Crippen molar-refractivity contribution < 1.29 is 13.2 Å². The number of rotatable bonds is 5. The summed E-state index contributed by atoms with van der Waals surface area (Å²) in [5, 5.41) is 2.62. The molecule has 148 valence electrons. The van der Waals surface area contributed by atoms with Crippen molar-refractivity contribution in [1.82, 2.24) is 9.13 Å². The van der Waals surface area contributed by atoms with Crippen molar-refractivity contribution in [2.24, 2.45) is 14.1 Å². The van der Waals surface area contributed by atoms with Gasteiger partial charge in [-0.25, -0.2) is 13.2 Å². The van der Waals surface area contributed by atoms with Gasteiger partial charge in [-0.2, -0.15) is 0 Å². The van der Waals surface area contributed by atoms with Gasteiger partial charge in [0.25, 0.3) is 0 Å². The fourth-order valence-electron chi connectivity index (χ4n) is 3.08. The van der Waals surface area contributed by atoms with Gasteiger partial charge in [-0.15, -0.1) is 0 Å². The number of anilines is 1. The summed E-state index contributed by atoms with van der Waals surface area (Å²) in [7, 11) is -0.650. The highest BCUT2D eigenvalue weighted by Crippen LogP contribution is 2.20. The highest BCUT2D eigenvalue weighted by molar-refractivity contribution is 7.92. The number of aryl methyl sites for hydroxylation is 2. The van der Waals surface area contributed by atoms with Crippen molar-refractivity contribution in [1.29, 1.82) is 0 Å². The first kappa shape index (κ1) is 19.9. The zero-order valence-corrected chi connectivity index (χ0v) is 17.1. The second-order valence-corrected chi connectivity index (χ2v) is 9.12. The van der Waals surface area contributed by atoms with Crippen LogP contribution < -0.4 is 11.0 Å². The molecule has 0 atom stereocenters. The summed E-state index contributed by atoms with van der Waals surface area (Å²) in [4.78, 5) is 24.3. The molecule has 0 aliphatic carbocycles. The lowest BCUT2D eigenvalue weighted by Crippen LogP contribution is -2.23. The van der Waals surface area contributed by atoms with Gasteiger partial charge in [-0.05, 0) is 41.8 Å². The Bertz CT molecular complexity index is 1200. The zero-order chi connectivity index (χ0) is 20.6. The lowest BCUT2D eigenvalue weighted by molar-refractivity contribution is -0.113. The fourth-order valence-corrected chi connectivity index (χ4v) is 4.23. The van der Waals surface area contributed by atoms with E-state index in [2.05, 4.69) is 19.2 Å². The fraction of sp³-hybridized carbons (Fsp3) is 0.300. The second-order valence-electron chi connectivity index (χ2n) is 7.14. The Balaban J connectivity index is 1.81. The highest BCUT2D eigenvalue weighted by Gasteiger charge is 2.21. The second kappa shape index (κ2) is 7.27. The van der Waals surface area contributed by atoms with Gasteiger partial charge in [0.2, 0.25) is 5.91 Å². The minimum atomic E-state index is -3.85. The number of hydrogen-bond donors (Lipinski definition) is 1. The molecule has 1 N–H and O–H groups in total. The Morgan fingerprint density at radius 3 is 2.21 bits per heavy atom. The smallest absolute Gasteiger partial charge is 0.325 e. The predicted octanol–water partition coefficient (Wildman–Crippen LogP) is 2.41. The van der Waals surface area contributed by atoms with Crippen LogP contribution in [0.3, 0.4) is 0 Å². The monoisotopic (exact) mass is 401 g/mol. The zero-order valence-electron chi connectivity index (χ0n) is 16.3. The van der Waals surface area contributed by atoms with E-state index in [9.17, 15) is 18.0 Å². The van der Waals surface area contributed by atoms with Gasteiger partial charge in [0.15, 0.2) is 9.84 Å². The third-order valence-corrected chi connectivity index (χ3v) is 6.40. The quantitative estimate of drug-likeness (QED) is 0.711. The molecule has 0 aliphatic heterocycles. The molecule has 28 heavy (non-hydrogen) atoms. The van der Waals surface area contributed by atoms with E-state index in [0.29, 0.717) is 22.6 Å². The molecular formula is C20H23N3O4S. The van der Waals surface area contributed by atoms with Crippen LogP contribution in [0, 0.1) is 0 Å². The van der Waals surface area contributed by atoms with Crippen LogP contribution in [0.4, 0.5) is 5.69 Å². The largest absolute Gasteiger partial charge is 0.328 e. The van der Waals surface area contributed by atoms with Crippen LogP contribution in [0.5, 0.6) is 0 Å². The van der Waals surface area contributed by atoms with E-state index in [0.717, 1.165) is 5.56 Å². The number of nitrogens with one attached hydrogen (secondary N) is 1. The Morgan fingerprint density at radius 2 is 1.61 bits per heavy atom. The van der Waals surface area contributed by atoms with Crippen molar-refractivity contribution in [3.05, 3.63) is 58.5 Å². The van der Waals surface area contributed by atoms with E-state index < -0.39 is 21.5 Å². The molecule has 1 aromatic heterocycles. The molecule has 8 heteroatoms. The number of nitrogens with zero attached hydrogens (tertiary/aromatic N) is 2. The van der Waals surface area contributed by atoms with E-state index >= 15 is 0 Å². The molecular weight excluding hydrogens is 378 g/mol. The average Bonchev–Trinajstić information content (AvgIpc) is 2.85. The SMILES string of the molecule is CC(C)c1ccc(NC(=O)CS(=O)(=O)c2ccc3c(c2)n(C)c(=O)n3C)cc1. The number of fused-ring (bicyclic) bond motifs is 1. The Hall–Kier alpha value is -2.87. The maximum atomic E-state index is 12.7. The summed E-state index contributed by atoms with van der Waals surface area (Å²) >= 11 is 0. The van der Waals surface area contributed by atoms with Gasteiger partial charge in [0, 0.05) is 19.8 Å². The normalized spacial score (nSPS) is 11.9. The molecule has 1 amide bonds. The summed E-state index contributed by atoms with van der Waals surface area (Å²) in [5.41, 5.74) is 2.56. The lowest BCUT2D eigenvalue weighted by atomic mass is 10.0. The molecule has 3 aromatic rings. The topological polar surface area (TPSA) is 90.2 Å². The van der Waals surface area contributed by atoms with Crippen molar-refractivity contribution in [2.45, 2.75) is 24.7 Å². The van der Waals surface area contributed by atoms with Crippen LogP contribution >= 0.6 is 0 Å². The summed E-state index contributed by atoms with van der Waals surface area (Å²) in [6.45, 7) is 4.14. The molecule has 3 rings (SSSR count). The summed E-state index contributed by atoms with van der Waals surface area (Å²) in [6.07, 6.45) is 0. The molecule has 0 saturated carbocycles. The van der Waals surface area contributed by atoms with E-state index in [1.54, 1.807) is 32.3 Å². The maximum absolute atomic E-state index is 12.7. The van der Waals surface area contributed by atoms with Crippen LogP contribution in [-0.2, 0) is 28.7 Å². The van der Waals surface area contributed by atoms with E-state index in [1.807, 2.05) is 12.1 Å². The lowest BCUT2D eigenvalue weighted by Gasteiger charge is -2.09. The number of hydrogen-bond acceptors (Lipinski definition) is 4. The van der Waals surface area contributed by atoms with Crippen LogP contribution in [-0.4, -0.2) is 29.2 Å². The van der Waals surface area contributed by atoms with Crippen molar-refractivity contribution in [3.8, 4) is 0 Å². The number of aromatic nitrogens is 2. The van der Waals surface area contributed by atoms with Gasteiger partial charge in [-0.3, -0.25) is 13.9 Å². The van der Waals surface area contributed by atoms with Gasteiger partial charge in [0.1, 0.15) is 5.75 Å². The third-order valence-electron chi connectivity index (χ3n) is 4.78. The minimum absolute atomic E-state index is 0.00602. The molecule has 0 bridgehead atoms. The summed E-state index contributed by atoms with van der Waals surface area (Å²) in [5.74, 6) is -0.918. The first-order chi connectivity index (χ1) is 13.1. The van der Waals surface area contributed by atoms with E-state index in [-0.39, 0.29) is 10.6 Å². The predicted molar refractivity (Wildman–Crippen MR) is 109 cm³/mol. The Labute approximate surface area is 163 Å². The summed E-state index contributed by atoms with van der Waals surface area (Å²) < 4.78 is 28.2. The van der Waals surface area contributed by atoms with Crippen LogP contribution in [0.25, 0.3) is 11.0 Å². The van der Waals surface area contributed by atoms with E-state index in [1.165, 1.54) is 21.3 Å². The van der Waals surface area contributed by atoms with Crippen molar-refractivity contribution in [3.63, 3.8) is 0 Å². The molecule has 0 spiro atoms. The van der Waals surface area contributed by atoms with Crippen LogP contribution in [0.2, 0.25) is 0 Å². The average molecular weight is 401 g/mol. The molecule has 0 unspecified atom stereocenters. The Kier molecular flexibility index (Phi) is 5.16. The first-order valence-electron chi connectivity index (χ1n) is 8.88. The number of benzene rings is 2. The van der Waals surface area contributed by atoms with Crippen molar-refractivity contribution in [2.75, 3.05) is 11.1 Å². The van der Waals surface area contributed by atoms with Gasteiger partial charge >= 0.3 is 5.69 Å². The molecule has 0 aliphatic rings. The van der Waals surface area contributed by atoms with Crippen LogP contribution in [0.15, 0.2) is 52.2 Å². The van der Waals surface area contributed by atoms with Gasteiger partial charge < -0.3 is 5.32 Å². The molecule has 1 heterocycles. The maximum Gasteiger partial charge on any atom is 0.328 e. The molecule has 0 fully saturated rings. The number of sulfone groups is 1. The standard InChI is InChI=1S/C20H23N3O4S/c1-13(2)14-5-7-15(8-6-14)21-19(24)12-28(26,27)16-9-10-17-18(11-16)23(4)20(25)22(17)3/h5-11,13H,12H2,1-4H3,(H,21,24).